The van der Waals surface area contributed by atoms with Gasteiger partial charge in [0.1, 0.15) is 0 Å². The Balaban J connectivity index is 1.98. The predicted octanol–water partition coefficient (Wildman–Crippen LogP) is 2.54. The summed E-state index contributed by atoms with van der Waals surface area (Å²) >= 11 is 5.90. The molecule has 0 radical (unpaired) electrons. The summed E-state index contributed by atoms with van der Waals surface area (Å²) in [7, 11) is 0. The number of hydrogen-bond acceptors (Lipinski definition) is 2. The molecule has 2 N–H and O–H groups in total. The molecule has 1 fully saturated rings. The molecule has 0 aliphatic heterocycles. The van der Waals surface area contributed by atoms with Crippen LogP contribution in [0, 0.1) is 12.3 Å². The maximum absolute atomic E-state index is 12.1. The number of hydrogen-bond donors (Lipinski definition) is 2. The minimum atomic E-state index is -0.0841. The van der Waals surface area contributed by atoms with Gasteiger partial charge in [-0.3, -0.25) is 4.79 Å². The van der Waals surface area contributed by atoms with Crippen LogP contribution in [0.25, 0.3) is 0 Å². The molecule has 0 heterocycles. The fourth-order valence-corrected chi connectivity index (χ4v) is 2.30. The number of rotatable bonds is 5. The molecule has 0 atom stereocenters. The van der Waals surface area contributed by atoms with E-state index < -0.39 is 0 Å². The average molecular weight is 268 g/mol. The first-order valence-corrected chi connectivity index (χ1v) is 6.59. The number of carbonyl (C=O) groups excluding carboxylic acids is 1. The van der Waals surface area contributed by atoms with Gasteiger partial charge in [0.05, 0.1) is 0 Å². The van der Waals surface area contributed by atoms with Crippen molar-refractivity contribution in [1.29, 1.82) is 0 Å². The van der Waals surface area contributed by atoms with E-state index in [4.69, 9.17) is 16.7 Å². The van der Waals surface area contributed by atoms with E-state index in [0.717, 1.165) is 24.8 Å². The first-order valence-electron chi connectivity index (χ1n) is 6.22. The van der Waals surface area contributed by atoms with E-state index in [2.05, 4.69) is 5.32 Å². The monoisotopic (exact) mass is 267 g/mol. The molecule has 1 aromatic rings. The normalized spacial score (nSPS) is 16.4. The smallest absolute Gasteiger partial charge is 0.251 e. The third kappa shape index (κ3) is 3.03. The Kier molecular flexibility index (Phi) is 3.93. The van der Waals surface area contributed by atoms with Crippen molar-refractivity contribution >= 4 is 17.5 Å². The predicted molar refractivity (Wildman–Crippen MR) is 71.9 cm³/mol. The lowest BCUT2D eigenvalue weighted by Crippen LogP contribution is -2.31. The molecule has 0 unspecified atom stereocenters. The maximum atomic E-state index is 12.1. The van der Waals surface area contributed by atoms with Crippen LogP contribution in [0.5, 0.6) is 0 Å². The highest BCUT2D eigenvalue weighted by molar-refractivity contribution is 6.31. The summed E-state index contributed by atoms with van der Waals surface area (Å²) < 4.78 is 0. The maximum Gasteiger partial charge on any atom is 0.251 e. The van der Waals surface area contributed by atoms with Gasteiger partial charge in [0.2, 0.25) is 0 Å². The van der Waals surface area contributed by atoms with Crippen LogP contribution in [0.2, 0.25) is 5.02 Å². The number of aliphatic hydroxyl groups excluding tert-OH is 1. The van der Waals surface area contributed by atoms with Crippen molar-refractivity contribution in [2.75, 3.05) is 13.2 Å². The topological polar surface area (TPSA) is 49.3 Å². The molecule has 1 aliphatic rings. The molecule has 1 aliphatic carbocycles. The molecule has 1 aromatic carbocycles. The van der Waals surface area contributed by atoms with Crippen LogP contribution < -0.4 is 5.32 Å². The van der Waals surface area contributed by atoms with Crippen LogP contribution >= 0.6 is 11.6 Å². The summed E-state index contributed by atoms with van der Waals surface area (Å²) in [6.45, 7) is 2.72. The first kappa shape index (κ1) is 13.4. The molecule has 0 aromatic heterocycles. The standard InChI is InChI=1S/C14H18ClNO2/c1-10-2-3-11(15)8-12(10)13(18)16-9-14(4-5-14)6-7-17/h2-3,8,17H,4-7,9H2,1H3,(H,16,18). The molecule has 4 heteroatoms. The lowest BCUT2D eigenvalue weighted by Gasteiger charge is -2.15. The van der Waals surface area contributed by atoms with Crippen molar-refractivity contribution in [2.24, 2.45) is 5.41 Å². The van der Waals surface area contributed by atoms with Crippen LogP contribution in [0.4, 0.5) is 0 Å². The van der Waals surface area contributed by atoms with Gasteiger partial charge in [-0.15, -0.1) is 0 Å². The van der Waals surface area contributed by atoms with Crippen molar-refractivity contribution in [3.63, 3.8) is 0 Å². The van der Waals surface area contributed by atoms with Crippen molar-refractivity contribution in [3.05, 3.63) is 34.3 Å². The summed E-state index contributed by atoms with van der Waals surface area (Å²) in [5.41, 5.74) is 1.68. The van der Waals surface area contributed by atoms with Gasteiger partial charge in [0.15, 0.2) is 0 Å². The Bertz CT molecular complexity index is 455. The molecule has 0 saturated heterocycles. The number of halogens is 1. The van der Waals surface area contributed by atoms with Crippen molar-refractivity contribution in [3.8, 4) is 0 Å². The second kappa shape index (κ2) is 5.29. The number of amides is 1. The molecule has 2 rings (SSSR count). The van der Waals surface area contributed by atoms with E-state index in [-0.39, 0.29) is 17.9 Å². The van der Waals surface area contributed by atoms with Gasteiger partial charge in [-0.1, -0.05) is 17.7 Å². The summed E-state index contributed by atoms with van der Waals surface area (Å²) in [5, 5.41) is 12.5. The lowest BCUT2D eigenvalue weighted by molar-refractivity contribution is 0.0940. The van der Waals surface area contributed by atoms with Crippen LogP contribution in [0.3, 0.4) is 0 Å². The molecule has 98 valence electrons. The zero-order valence-electron chi connectivity index (χ0n) is 10.5. The van der Waals surface area contributed by atoms with Gasteiger partial charge in [0, 0.05) is 23.7 Å². The Morgan fingerprint density at radius 1 is 1.50 bits per heavy atom. The van der Waals surface area contributed by atoms with Crippen LogP contribution in [0.1, 0.15) is 35.2 Å². The Hall–Kier alpha value is -1.06. The Labute approximate surface area is 112 Å². The Morgan fingerprint density at radius 3 is 2.83 bits per heavy atom. The lowest BCUT2D eigenvalue weighted by atomic mass is 10.0. The van der Waals surface area contributed by atoms with Gasteiger partial charge in [-0.05, 0) is 49.3 Å². The number of nitrogens with one attached hydrogen (secondary N) is 1. The molecule has 3 nitrogen and oxygen atoms in total. The highest BCUT2D eigenvalue weighted by atomic mass is 35.5. The van der Waals surface area contributed by atoms with Gasteiger partial charge < -0.3 is 10.4 Å². The number of benzene rings is 1. The second-order valence-electron chi connectivity index (χ2n) is 5.12. The summed E-state index contributed by atoms with van der Waals surface area (Å²) in [4.78, 5) is 12.1. The largest absolute Gasteiger partial charge is 0.396 e. The quantitative estimate of drug-likeness (QED) is 0.861. The highest BCUT2D eigenvalue weighted by Gasteiger charge is 2.41. The van der Waals surface area contributed by atoms with E-state index >= 15 is 0 Å². The minimum Gasteiger partial charge on any atom is -0.396 e. The van der Waals surface area contributed by atoms with E-state index in [1.807, 2.05) is 13.0 Å². The molecule has 1 amide bonds. The van der Waals surface area contributed by atoms with E-state index in [9.17, 15) is 4.79 Å². The summed E-state index contributed by atoms with van der Waals surface area (Å²) in [6, 6.07) is 5.32. The molecule has 0 spiro atoms. The SMILES string of the molecule is Cc1ccc(Cl)cc1C(=O)NCC1(CCO)CC1. The van der Waals surface area contributed by atoms with Crippen molar-refractivity contribution < 1.29 is 9.90 Å². The van der Waals surface area contributed by atoms with Gasteiger partial charge >= 0.3 is 0 Å². The first-order chi connectivity index (χ1) is 8.56. The second-order valence-corrected chi connectivity index (χ2v) is 5.55. The number of carbonyl (C=O) groups is 1. The fourth-order valence-electron chi connectivity index (χ4n) is 2.13. The van der Waals surface area contributed by atoms with Crippen molar-refractivity contribution in [1.82, 2.24) is 5.32 Å². The highest BCUT2D eigenvalue weighted by Crippen LogP contribution is 2.47. The number of aliphatic hydroxyl groups is 1. The van der Waals surface area contributed by atoms with Crippen LogP contribution in [-0.2, 0) is 0 Å². The van der Waals surface area contributed by atoms with Crippen molar-refractivity contribution in [2.45, 2.75) is 26.2 Å². The molecule has 18 heavy (non-hydrogen) atoms. The molecular weight excluding hydrogens is 250 g/mol. The summed E-state index contributed by atoms with van der Waals surface area (Å²) in [5.74, 6) is -0.0841. The molecular formula is C14H18ClNO2. The molecule has 0 bridgehead atoms. The van der Waals surface area contributed by atoms with E-state index in [1.165, 1.54) is 0 Å². The van der Waals surface area contributed by atoms with E-state index in [0.29, 0.717) is 17.1 Å². The Morgan fingerprint density at radius 2 is 2.22 bits per heavy atom. The van der Waals surface area contributed by atoms with Gasteiger partial charge in [0.25, 0.3) is 5.91 Å². The fraction of sp³-hybridized carbons (Fsp3) is 0.500. The summed E-state index contributed by atoms with van der Waals surface area (Å²) in [6.07, 6.45) is 2.94. The van der Waals surface area contributed by atoms with Crippen LogP contribution in [-0.4, -0.2) is 24.2 Å². The van der Waals surface area contributed by atoms with Gasteiger partial charge in [-0.2, -0.15) is 0 Å². The minimum absolute atomic E-state index is 0.0841. The van der Waals surface area contributed by atoms with Gasteiger partial charge in [-0.25, -0.2) is 0 Å². The molecule has 1 saturated carbocycles. The number of aryl methyl sites for hydroxylation is 1. The average Bonchev–Trinajstić information content (AvgIpc) is 3.10. The zero-order chi connectivity index (χ0) is 13.2. The van der Waals surface area contributed by atoms with Crippen LogP contribution in [0.15, 0.2) is 18.2 Å². The zero-order valence-corrected chi connectivity index (χ0v) is 11.3. The third-order valence-electron chi connectivity index (χ3n) is 3.67. The third-order valence-corrected chi connectivity index (χ3v) is 3.90. The van der Waals surface area contributed by atoms with E-state index in [1.54, 1.807) is 12.1 Å².